The summed E-state index contributed by atoms with van der Waals surface area (Å²) in [5, 5.41) is 3.84. The van der Waals surface area contributed by atoms with Crippen molar-refractivity contribution >= 4 is 17.6 Å². The van der Waals surface area contributed by atoms with Crippen molar-refractivity contribution in [2.75, 3.05) is 13.7 Å². The van der Waals surface area contributed by atoms with E-state index in [0.717, 1.165) is 23.3 Å². The van der Waals surface area contributed by atoms with E-state index in [1.165, 1.54) is 0 Å². The number of methoxy groups -OCH3 is 1. The fraction of sp³-hybridized carbons (Fsp3) is 0.278. The van der Waals surface area contributed by atoms with Crippen LogP contribution in [0.15, 0.2) is 47.5 Å². The van der Waals surface area contributed by atoms with Crippen LogP contribution >= 0.6 is 11.6 Å². The van der Waals surface area contributed by atoms with Gasteiger partial charge in [-0.25, -0.2) is 4.99 Å². The Bertz CT molecular complexity index is 749. The number of halogens is 1. The van der Waals surface area contributed by atoms with Crippen molar-refractivity contribution in [3.63, 3.8) is 0 Å². The van der Waals surface area contributed by atoms with Crippen molar-refractivity contribution in [2.45, 2.75) is 19.0 Å². The molecule has 2 aromatic carbocycles. The molecule has 2 aromatic rings. The number of aliphatic imine (C=N–C) groups is 1. The summed E-state index contributed by atoms with van der Waals surface area (Å²) in [6, 6.07) is 13.7. The zero-order chi connectivity index (χ0) is 16.9. The van der Waals surface area contributed by atoms with Gasteiger partial charge in [-0.3, -0.25) is 0 Å². The largest absolute Gasteiger partial charge is 0.495 e. The number of benzene rings is 2. The normalized spacial score (nSPS) is 16.9. The number of nitrogens with zero attached hydrogens (tertiary/aromatic N) is 1. The first-order chi connectivity index (χ1) is 11.7. The molecule has 1 aliphatic heterocycles. The summed E-state index contributed by atoms with van der Waals surface area (Å²) < 4.78 is 10.8. The Morgan fingerprint density at radius 3 is 3.00 bits per heavy atom. The summed E-state index contributed by atoms with van der Waals surface area (Å²) in [5.74, 6) is 1.95. The molecule has 1 unspecified atom stereocenters. The van der Waals surface area contributed by atoms with Gasteiger partial charge in [-0.1, -0.05) is 35.9 Å². The SMILES string of the molecule is COc1ccc(CN=C(N)NC2CCOc3ccccc32)cc1Cl. The monoisotopic (exact) mass is 345 g/mol. The topological polar surface area (TPSA) is 68.9 Å². The smallest absolute Gasteiger partial charge is 0.189 e. The molecule has 0 amide bonds. The minimum atomic E-state index is 0.109. The predicted octanol–water partition coefficient (Wildman–Crippen LogP) is 3.28. The van der Waals surface area contributed by atoms with Crippen LogP contribution in [0.2, 0.25) is 5.02 Å². The third-order valence-electron chi connectivity index (χ3n) is 3.93. The van der Waals surface area contributed by atoms with E-state index < -0.39 is 0 Å². The Morgan fingerprint density at radius 2 is 2.21 bits per heavy atom. The molecule has 0 aromatic heterocycles. The molecule has 6 heteroatoms. The summed E-state index contributed by atoms with van der Waals surface area (Å²) in [6.07, 6.45) is 0.849. The Balaban J connectivity index is 1.66. The quantitative estimate of drug-likeness (QED) is 0.659. The molecule has 3 rings (SSSR count). The summed E-state index contributed by atoms with van der Waals surface area (Å²) in [5.41, 5.74) is 8.12. The van der Waals surface area contributed by atoms with E-state index in [1.54, 1.807) is 7.11 Å². The lowest BCUT2D eigenvalue weighted by Gasteiger charge is -2.26. The molecule has 0 aliphatic carbocycles. The van der Waals surface area contributed by atoms with Crippen molar-refractivity contribution in [3.8, 4) is 11.5 Å². The van der Waals surface area contributed by atoms with Crippen molar-refractivity contribution in [3.05, 3.63) is 58.6 Å². The molecule has 1 atom stereocenters. The first-order valence-corrected chi connectivity index (χ1v) is 8.16. The predicted molar refractivity (Wildman–Crippen MR) is 95.8 cm³/mol. The molecule has 24 heavy (non-hydrogen) atoms. The van der Waals surface area contributed by atoms with Gasteiger partial charge in [0.25, 0.3) is 0 Å². The molecular formula is C18H20ClN3O2. The van der Waals surface area contributed by atoms with Gasteiger partial charge in [0.2, 0.25) is 0 Å². The fourth-order valence-corrected chi connectivity index (χ4v) is 2.98. The van der Waals surface area contributed by atoms with E-state index in [0.29, 0.717) is 29.9 Å². The van der Waals surface area contributed by atoms with E-state index in [-0.39, 0.29) is 6.04 Å². The van der Waals surface area contributed by atoms with Gasteiger partial charge in [0, 0.05) is 12.0 Å². The molecule has 5 nitrogen and oxygen atoms in total. The molecule has 3 N–H and O–H groups in total. The lowest BCUT2D eigenvalue weighted by atomic mass is 10.0. The highest BCUT2D eigenvalue weighted by Gasteiger charge is 2.21. The molecule has 0 bridgehead atoms. The Hall–Kier alpha value is -2.40. The lowest BCUT2D eigenvalue weighted by molar-refractivity contribution is 0.262. The highest BCUT2D eigenvalue weighted by molar-refractivity contribution is 6.32. The molecule has 0 saturated carbocycles. The molecule has 1 aliphatic rings. The van der Waals surface area contributed by atoms with E-state index >= 15 is 0 Å². The van der Waals surface area contributed by atoms with Crippen molar-refractivity contribution < 1.29 is 9.47 Å². The van der Waals surface area contributed by atoms with Gasteiger partial charge in [-0.05, 0) is 23.8 Å². The van der Waals surface area contributed by atoms with Crippen LogP contribution in [0.4, 0.5) is 0 Å². The summed E-state index contributed by atoms with van der Waals surface area (Å²) in [6.45, 7) is 1.11. The minimum Gasteiger partial charge on any atom is -0.495 e. The second-order valence-corrected chi connectivity index (χ2v) is 5.95. The Labute approximate surface area is 146 Å². The van der Waals surface area contributed by atoms with E-state index in [4.69, 9.17) is 26.8 Å². The number of guanidine groups is 1. The van der Waals surface area contributed by atoms with Crippen LogP contribution in [-0.2, 0) is 6.54 Å². The molecule has 0 saturated heterocycles. The first kappa shape index (κ1) is 16.5. The number of hydrogen-bond donors (Lipinski definition) is 2. The second-order valence-electron chi connectivity index (χ2n) is 5.54. The van der Waals surface area contributed by atoms with Crippen molar-refractivity contribution in [2.24, 2.45) is 10.7 Å². The fourth-order valence-electron chi connectivity index (χ4n) is 2.70. The first-order valence-electron chi connectivity index (χ1n) is 7.78. The number of rotatable bonds is 4. The third kappa shape index (κ3) is 3.74. The zero-order valence-electron chi connectivity index (χ0n) is 13.5. The Kier molecular flexibility index (Phi) is 5.11. The van der Waals surface area contributed by atoms with E-state index in [1.807, 2.05) is 42.5 Å². The maximum Gasteiger partial charge on any atom is 0.189 e. The zero-order valence-corrected chi connectivity index (χ0v) is 14.2. The van der Waals surface area contributed by atoms with E-state index in [9.17, 15) is 0 Å². The number of nitrogens with one attached hydrogen (secondary N) is 1. The van der Waals surface area contributed by atoms with Crippen LogP contribution in [-0.4, -0.2) is 19.7 Å². The van der Waals surface area contributed by atoms with Gasteiger partial charge in [0.15, 0.2) is 5.96 Å². The van der Waals surface area contributed by atoms with Gasteiger partial charge < -0.3 is 20.5 Å². The molecule has 126 valence electrons. The number of hydrogen-bond acceptors (Lipinski definition) is 3. The number of nitrogens with two attached hydrogens (primary N) is 1. The molecule has 1 heterocycles. The molecule has 0 spiro atoms. The van der Waals surface area contributed by atoms with Gasteiger partial charge in [-0.2, -0.15) is 0 Å². The van der Waals surface area contributed by atoms with Gasteiger partial charge in [0.1, 0.15) is 11.5 Å². The highest BCUT2D eigenvalue weighted by Crippen LogP contribution is 2.31. The number of fused-ring (bicyclic) bond motifs is 1. The summed E-state index contributed by atoms with van der Waals surface area (Å²) in [4.78, 5) is 4.40. The number of para-hydroxylation sites is 1. The van der Waals surface area contributed by atoms with Crippen molar-refractivity contribution in [1.29, 1.82) is 0 Å². The van der Waals surface area contributed by atoms with Crippen LogP contribution < -0.4 is 20.5 Å². The van der Waals surface area contributed by atoms with Gasteiger partial charge in [-0.15, -0.1) is 0 Å². The van der Waals surface area contributed by atoms with Crippen LogP contribution in [0.25, 0.3) is 0 Å². The van der Waals surface area contributed by atoms with E-state index in [2.05, 4.69) is 10.3 Å². The average Bonchev–Trinajstić information content (AvgIpc) is 2.60. The van der Waals surface area contributed by atoms with Crippen LogP contribution in [0.1, 0.15) is 23.6 Å². The summed E-state index contributed by atoms with van der Waals surface area (Å²) >= 11 is 6.12. The van der Waals surface area contributed by atoms with Crippen LogP contribution in [0.5, 0.6) is 11.5 Å². The van der Waals surface area contributed by atoms with Crippen LogP contribution in [0, 0.1) is 0 Å². The van der Waals surface area contributed by atoms with Crippen molar-refractivity contribution in [1.82, 2.24) is 5.32 Å². The minimum absolute atomic E-state index is 0.109. The standard InChI is InChI=1S/C18H20ClN3O2/c1-23-17-7-6-12(10-14(17)19)11-21-18(20)22-15-8-9-24-16-5-3-2-4-13(15)16/h2-7,10,15H,8-9,11H2,1H3,(H3,20,21,22). The maximum absolute atomic E-state index is 6.12. The second kappa shape index (κ2) is 7.45. The molecule has 0 radical (unpaired) electrons. The highest BCUT2D eigenvalue weighted by atomic mass is 35.5. The van der Waals surface area contributed by atoms with Crippen LogP contribution in [0.3, 0.4) is 0 Å². The Morgan fingerprint density at radius 1 is 1.38 bits per heavy atom. The number of ether oxygens (including phenoxy) is 2. The molecule has 0 fully saturated rings. The average molecular weight is 346 g/mol. The lowest BCUT2D eigenvalue weighted by Crippen LogP contribution is -2.37. The summed E-state index contributed by atoms with van der Waals surface area (Å²) in [7, 11) is 1.59. The third-order valence-corrected chi connectivity index (χ3v) is 4.22. The van der Waals surface area contributed by atoms with Gasteiger partial charge >= 0.3 is 0 Å². The maximum atomic E-state index is 6.12. The molecular weight excluding hydrogens is 326 g/mol. The van der Waals surface area contributed by atoms with Gasteiger partial charge in [0.05, 0.1) is 31.3 Å².